The van der Waals surface area contributed by atoms with Gasteiger partial charge in [0.15, 0.2) is 0 Å². The van der Waals surface area contributed by atoms with Crippen LogP contribution in [0.3, 0.4) is 0 Å². The van der Waals surface area contributed by atoms with Crippen LogP contribution >= 0.6 is 0 Å². The second kappa shape index (κ2) is 5.71. The Morgan fingerprint density at radius 1 is 1.32 bits per heavy atom. The highest BCUT2D eigenvalue weighted by Gasteiger charge is 2.33. The summed E-state index contributed by atoms with van der Waals surface area (Å²) in [6.07, 6.45) is 1.35. The van der Waals surface area contributed by atoms with Crippen LogP contribution in [0.4, 0.5) is 0 Å². The minimum absolute atomic E-state index is 0.198. The molecule has 1 aliphatic rings. The van der Waals surface area contributed by atoms with Crippen molar-refractivity contribution in [2.45, 2.75) is 17.7 Å². The summed E-state index contributed by atoms with van der Waals surface area (Å²) < 4.78 is 30.9. The molecule has 0 unspecified atom stereocenters. The standard InChI is InChI=1S/C13H17NO4S/c1-18-13(15)11-6-5-9-14(10-11)19(16,17)12-7-3-2-4-8-12/h2-4,7-8,11H,5-6,9-10H2,1H3/t11-/m1/s1. The number of rotatable bonds is 3. The van der Waals surface area contributed by atoms with Gasteiger partial charge >= 0.3 is 5.97 Å². The molecular weight excluding hydrogens is 266 g/mol. The van der Waals surface area contributed by atoms with Crippen LogP contribution in [-0.4, -0.2) is 38.9 Å². The van der Waals surface area contributed by atoms with Gasteiger partial charge in [-0.1, -0.05) is 18.2 Å². The molecule has 0 amide bonds. The van der Waals surface area contributed by atoms with E-state index in [-0.39, 0.29) is 23.3 Å². The molecule has 0 radical (unpaired) electrons. The third-order valence-corrected chi connectivity index (χ3v) is 5.18. The van der Waals surface area contributed by atoms with E-state index in [1.807, 2.05) is 0 Å². The third kappa shape index (κ3) is 2.96. The van der Waals surface area contributed by atoms with Gasteiger partial charge in [-0.2, -0.15) is 4.31 Å². The fourth-order valence-corrected chi connectivity index (χ4v) is 3.81. The molecule has 5 nitrogen and oxygen atoms in total. The molecule has 0 bridgehead atoms. The topological polar surface area (TPSA) is 63.7 Å². The molecule has 6 heteroatoms. The zero-order valence-electron chi connectivity index (χ0n) is 10.8. The number of carbonyl (C=O) groups is 1. The molecule has 1 atom stereocenters. The van der Waals surface area contributed by atoms with Gasteiger partial charge in [-0.15, -0.1) is 0 Å². The van der Waals surface area contributed by atoms with Crippen LogP contribution in [-0.2, 0) is 19.6 Å². The van der Waals surface area contributed by atoms with E-state index < -0.39 is 10.0 Å². The van der Waals surface area contributed by atoms with Crippen molar-refractivity contribution in [3.8, 4) is 0 Å². The lowest BCUT2D eigenvalue weighted by Gasteiger charge is -2.30. The summed E-state index contributed by atoms with van der Waals surface area (Å²) >= 11 is 0. The molecule has 0 aromatic heterocycles. The van der Waals surface area contributed by atoms with Gasteiger partial charge in [0.1, 0.15) is 0 Å². The van der Waals surface area contributed by atoms with Crippen LogP contribution in [0.5, 0.6) is 0 Å². The van der Waals surface area contributed by atoms with Gasteiger partial charge in [0.25, 0.3) is 0 Å². The van der Waals surface area contributed by atoms with Gasteiger partial charge in [-0.3, -0.25) is 4.79 Å². The average Bonchev–Trinajstić information content (AvgIpc) is 2.47. The first kappa shape index (κ1) is 14.0. The van der Waals surface area contributed by atoms with Crippen LogP contribution < -0.4 is 0 Å². The molecule has 0 N–H and O–H groups in total. The summed E-state index contributed by atoms with van der Waals surface area (Å²) in [5, 5.41) is 0. The lowest BCUT2D eigenvalue weighted by atomic mass is 10.0. The van der Waals surface area contributed by atoms with Gasteiger partial charge < -0.3 is 4.74 Å². The lowest BCUT2D eigenvalue weighted by molar-refractivity contribution is -0.146. The number of hydrogen-bond acceptors (Lipinski definition) is 4. The molecule has 1 fully saturated rings. The zero-order chi connectivity index (χ0) is 13.9. The van der Waals surface area contributed by atoms with E-state index in [4.69, 9.17) is 4.74 Å². The van der Waals surface area contributed by atoms with E-state index in [1.165, 1.54) is 11.4 Å². The Kier molecular flexibility index (Phi) is 4.21. The fraction of sp³-hybridized carbons (Fsp3) is 0.462. The maximum absolute atomic E-state index is 12.4. The first-order valence-electron chi connectivity index (χ1n) is 6.18. The van der Waals surface area contributed by atoms with Crippen molar-refractivity contribution in [3.63, 3.8) is 0 Å². The largest absolute Gasteiger partial charge is 0.469 e. The Balaban J connectivity index is 2.20. The molecule has 1 aromatic rings. The van der Waals surface area contributed by atoms with Gasteiger partial charge in [0, 0.05) is 13.1 Å². The second-order valence-electron chi connectivity index (χ2n) is 4.54. The number of hydrogen-bond donors (Lipinski definition) is 0. The normalized spacial score (nSPS) is 21.0. The summed E-state index contributed by atoms with van der Waals surface area (Å²) in [6.45, 7) is 0.647. The predicted octanol–water partition coefficient (Wildman–Crippen LogP) is 1.26. The minimum Gasteiger partial charge on any atom is -0.469 e. The number of esters is 1. The molecule has 1 aromatic carbocycles. The maximum Gasteiger partial charge on any atom is 0.309 e. The number of sulfonamides is 1. The smallest absolute Gasteiger partial charge is 0.309 e. The average molecular weight is 283 g/mol. The van der Waals surface area contributed by atoms with Gasteiger partial charge in [0.05, 0.1) is 17.9 Å². The first-order chi connectivity index (χ1) is 9.05. The first-order valence-corrected chi connectivity index (χ1v) is 7.62. The summed E-state index contributed by atoms with van der Waals surface area (Å²) in [5.74, 6) is -0.704. The van der Waals surface area contributed by atoms with Crippen LogP contribution in [0.25, 0.3) is 0 Å². The molecule has 19 heavy (non-hydrogen) atoms. The maximum atomic E-state index is 12.4. The predicted molar refractivity (Wildman–Crippen MR) is 69.9 cm³/mol. The molecule has 104 valence electrons. The molecule has 1 saturated heterocycles. The van der Waals surface area contributed by atoms with Gasteiger partial charge in [-0.25, -0.2) is 8.42 Å². The van der Waals surface area contributed by atoms with Crippen molar-refractivity contribution in [3.05, 3.63) is 30.3 Å². The summed E-state index contributed by atoms with van der Waals surface area (Å²) in [4.78, 5) is 11.8. The van der Waals surface area contributed by atoms with Crippen molar-refractivity contribution in [2.75, 3.05) is 20.2 Å². The van der Waals surface area contributed by atoms with Gasteiger partial charge in [0.2, 0.25) is 10.0 Å². The number of methoxy groups -OCH3 is 1. The van der Waals surface area contributed by atoms with Crippen molar-refractivity contribution in [1.82, 2.24) is 4.31 Å². The minimum atomic E-state index is -3.51. The van der Waals surface area contributed by atoms with Crippen LogP contribution in [0.15, 0.2) is 35.2 Å². The zero-order valence-corrected chi connectivity index (χ0v) is 11.6. The monoisotopic (exact) mass is 283 g/mol. The summed E-state index contributed by atoms with van der Waals surface area (Å²) in [5.41, 5.74) is 0. The Morgan fingerprint density at radius 2 is 2.00 bits per heavy atom. The summed E-state index contributed by atoms with van der Waals surface area (Å²) in [6, 6.07) is 8.28. The van der Waals surface area contributed by atoms with E-state index >= 15 is 0 Å². The Bertz CT molecular complexity index is 541. The number of ether oxygens (including phenoxy) is 1. The van der Waals surface area contributed by atoms with Crippen molar-refractivity contribution >= 4 is 16.0 Å². The number of nitrogens with zero attached hydrogens (tertiary/aromatic N) is 1. The Labute approximate surface area is 113 Å². The van der Waals surface area contributed by atoms with Crippen LogP contribution in [0.2, 0.25) is 0 Å². The highest BCUT2D eigenvalue weighted by Crippen LogP contribution is 2.24. The third-order valence-electron chi connectivity index (χ3n) is 3.30. The lowest BCUT2D eigenvalue weighted by Crippen LogP contribution is -2.42. The van der Waals surface area contributed by atoms with E-state index in [1.54, 1.807) is 30.3 Å². The highest BCUT2D eigenvalue weighted by molar-refractivity contribution is 7.89. The van der Waals surface area contributed by atoms with Crippen molar-refractivity contribution in [2.24, 2.45) is 5.92 Å². The highest BCUT2D eigenvalue weighted by atomic mass is 32.2. The molecule has 1 aliphatic heterocycles. The van der Waals surface area contributed by atoms with E-state index in [2.05, 4.69) is 0 Å². The molecule has 0 spiro atoms. The molecule has 1 heterocycles. The quantitative estimate of drug-likeness (QED) is 0.783. The molecule has 2 rings (SSSR count). The Morgan fingerprint density at radius 3 is 2.63 bits per heavy atom. The van der Waals surface area contributed by atoms with Crippen LogP contribution in [0.1, 0.15) is 12.8 Å². The second-order valence-corrected chi connectivity index (χ2v) is 6.48. The van der Waals surface area contributed by atoms with E-state index in [0.29, 0.717) is 19.4 Å². The molecule has 0 aliphatic carbocycles. The van der Waals surface area contributed by atoms with Crippen molar-refractivity contribution < 1.29 is 17.9 Å². The van der Waals surface area contributed by atoms with E-state index in [0.717, 1.165) is 0 Å². The van der Waals surface area contributed by atoms with Crippen LogP contribution in [0, 0.1) is 5.92 Å². The fourth-order valence-electron chi connectivity index (χ4n) is 2.26. The number of carbonyl (C=O) groups excluding carboxylic acids is 1. The molecule has 0 saturated carbocycles. The van der Waals surface area contributed by atoms with E-state index in [9.17, 15) is 13.2 Å². The SMILES string of the molecule is COC(=O)[C@@H]1CCCN(S(=O)(=O)c2ccccc2)C1. The molecular formula is C13H17NO4S. The van der Waals surface area contributed by atoms with Crippen molar-refractivity contribution in [1.29, 1.82) is 0 Å². The Hall–Kier alpha value is -1.40. The van der Waals surface area contributed by atoms with Gasteiger partial charge in [-0.05, 0) is 25.0 Å². The summed E-state index contributed by atoms with van der Waals surface area (Å²) in [7, 11) is -2.18. The number of benzene rings is 1. The number of piperidine rings is 1.